The molecule has 0 saturated heterocycles. The highest BCUT2D eigenvalue weighted by Crippen LogP contribution is 2.29. The Morgan fingerprint density at radius 3 is 2.60 bits per heavy atom. The number of aryl methyl sites for hydroxylation is 1. The number of aromatic nitrogens is 2. The van der Waals surface area contributed by atoms with Gasteiger partial charge in [-0.15, -0.1) is 0 Å². The molecule has 0 spiro atoms. The minimum atomic E-state index is 0.625. The van der Waals surface area contributed by atoms with Gasteiger partial charge in [-0.3, -0.25) is 0 Å². The van der Waals surface area contributed by atoms with Gasteiger partial charge in [-0.25, -0.2) is 9.97 Å². The molecule has 0 radical (unpaired) electrons. The Bertz CT molecular complexity index is 424. The lowest BCUT2D eigenvalue weighted by Crippen LogP contribution is -2.35. The first-order valence-corrected chi connectivity index (χ1v) is 7.92. The third-order valence-electron chi connectivity index (χ3n) is 4.28. The van der Waals surface area contributed by atoms with Crippen molar-refractivity contribution in [1.29, 1.82) is 0 Å². The van der Waals surface area contributed by atoms with Crippen LogP contribution < -0.4 is 10.2 Å². The molecule has 1 N–H and O–H groups in total. The highest BCUT2D eigenvalue weighted by molar-refractivity contribution is 5.49. The Morgan fingerprint density at radius 1 is 1.25 bits per heavy atom. The molecular formula is C16H28N4. The van der Waals surface area contributed by atoms with Crippen molar-refractivity contribution in [2.75, 3.05) is 23.8 Å². The molecule has 0 atom stereocenters. The van der Waals surface area contributed by atoms with Crippen molar-refractivity contribution >= 4 is 11.6 Å². The van der Waals surface area contributed by atoms with Crippen LogP contribution in [0, 0.1) is 12.8 Å². The summed E-state index contributed by atoms with van der Waals surface area (Å²) in [5.74, 6) is 3.73. The molecule has 0 aliphatic heterocycles. The van der Waals surface area contributed by atoms with E-state index in [0.717, 1.165) is 36.3 Å². The third kappa shape index (κ3) is 3.84. The van der Waals surface area contributed by atoms with Crippen LogP contribution in [-0.2, 0) is 0 Å². The first kappa shape index (κ1) is 15.1. The maximum atomic E-state index is 4.61. The molecule has 0 unspecified atom stereocenters. The molecule has 4 nitrogen and oxygen atoms in total. The largest absolute Gasteiger partial charge is 0.370 e. The summed E-state index contributed by atoms with van der Waals surface area (Å²) in [6, 6.07) is 2.71. The fourth-order valence-electron chi connectivity index (χ4n) is 2.89. The van der Waals surface area contributed by atoms with E-state index in [1.807, 2.05) is 6.92 Å². The monoisotopic (exact) mass is 276 g/mol. The van der Waals surface area contributed by atoms with Gasteiger partial charge in [0, 0.05) is 25.7 Å². The van der Waals surface area contributed by atoms with Gasteiger partial charge in [-0.2, -0.15) is 0 Å². The molecule has 0 bridgehead atoms. The minimum absolute atomic E-state index is 0.625. The number of hydrogen-bond donors (Lipinski definition) is 1. The summed E-state index contributed by atoms with van der Waals surface area (Å²) in [5, 5.41) is 3.36. The maximum absolute atomic E-state index is 4.61. The second-order valence-corrected chi connectivity index (χ2v) is 6.11. The Labute approximate surface area is 123 Å². The molecule has 4 heteroatoms. The molecule has 112 valence electrons. The molecule has 20 heavy (non-hydrogen) atoms. The van der Waals surface area contributed by atoms with Gasteiger partial charge in [-0.1, -0.05) is 13.8 Å². The molecule has 1 aromatic heterocycles. The SMILES string of the molecule is CCCNc1cc(N(C)C2CCC(C)CC2)nc(C)n1. The van der Waals surface area contributed by atoms with Gasteiger partial charge in [0.25, 0.3) is 0 Å². The van der Waals surface area contributed by atoms with Gasteiger partial charge < -0.3 is 10.2 Å². The zero-order chi connectivity index (χ0) is 14.5. The van der Waals surface area contributed by atoms with E-state index in [1.54, 1.807) is 0 Å². The number of hydrogen-bond acceptors (Lipinski definition) is 4. The predicted molar refractivity (Wildman–Crippen MR) is 85.4 cm³/mol. The molecule has 1 saturated carbocycles. The number of nitrogens with one attached hydrogen (secondary N) is 1. The van der Waals surface area contributed by atoms with E-state index >= 15 is 0 Å². The molecular weight excluding hydrogens is 248 g/mol. The van der Waals surface area contributed by atoms with Crippen molar-refractivity contribution in [3.8, 4) is 0 Å². The van der Waals surface area contributed by atoms with E-state index < -0.39 is 0 Å². The Morgan fingerprint density at radius 2 is 1.95 bits per heavy atom. The summed E-state index contributed by atoms with van der Waals surface area (Å²) in [7, 11) is 2.17. The van der Waals surface area contributed by atoms with Crippen molar-refractivity contribution in [1.82, 2.24) is 9.97 Å². The lowest BCUT2D eigenvalue weighted by atomic mass is 9.87. The predicted octanol–water partition coefficient (Wildman–Crippen LogP) is 3.62. The van der Waals surface area contributed by atoms with Crippen LogP contribution in [0.3, 0.4) is 0 Å². The van der Waals surface area contributed by atoms with E-state index in [9.17, 15) is 0 Å². The van der Waals surface area contributed by atoms with Crippen molar-refractivity contribution in [2.45, 2.75) is 58.9 Å². The molecule has 1 heterocycles. The van der Waals surface area contributed by atoms with Crippen LogP contribution in [0.5, 0.6) is 0 Å². The van der Waals surface area contributed by atoms with Crippen molar-refractivity contribution in [3.63, 3.8) is 0 Å². The van der Waals surface area contributed by atoms with Crippen molar-refractivity contribution < 1.29 is 0 Å². The zero-order valence-corrected chi connectivity index (χ0v) is 13.3. The van der Waals surface area contributed by atoms with E-state index in [1.165, 1.54) is 25.7 Å². The van der Waals surface area contributed by atoms with Gasteiger partial charge in [0.05, 0.1) is 0 Å². The normalized spacial score (nSPS) is 22.6. The number of anilines is 2. The Kier molecular flexibility index (Phi) is 5.21. The van der Waals surface area contributed by atoms with Gasteiger partial charge in [-0.05, 0) is 44.9 Å². The summed E-state index contributed by atoms with van der Waals surface area (Å²) in [4.78, 5) is 11.4. The highest BCUT2D eigenvalue weighted by atomic mass is 15.2. The van der Waals surface area contributed by atoms with Gasteiger partial charge >= 0.3 is 0 Å². The lowest BCUT2D eigenvalue weighted by Gasteiger charge is -2.34. The average molecular weight is 276 g/mol. The van der Waals surface area contributed by atoms with Crippen LogP contribution in [0.25, 0.3) is 0 Å². The van der Waals surface area contributed by atoms with E-state index in [-0.39, 0.29) is 0 Å². The van der Waals surface area contributed by atoms with Crippen molar-refractivity contribution in [2.24, 2.45) is 5.92 Å². The van der Waals surface area contributed by atoms with Crippen LogP contribution in [0.4, 0.5) is 11.6 Å². The van der Waals surface area contributed by atoms with E-state index in [4.69, 9.17) is 0 Å². The number of nitrogens with zero attached hydrogens (tertiary/aromatic N) is 3. The van der Waals surface area contributed by atoms with Gasteiger partial charge in [0.1, 0.15) is 17.5 Å². The number of rotatable bonds is 5. The van der Waals surface area contributed by atoms with Crippen LogP contribution in [0.2, 0.25) is 0 Å². The van der Waals surface area contributed by atoms with Crippen molar-refractivity contribution in [3.05, 3.63) is 11.9 Å². The fraction of sp³-hybridized carbons (Fsp3) is 0.750. The standard InChI is InChI=1S/C16H28N4/c1-5-10-17-15-11-16(19-13(3)18-15)20(4)14-8-6-12(2)7-9-14/h11-12,14H,5-10H2,1-4H3,(H,17,18,19). The zero-order valence-electron chi connectivity index (χ0n) is 13.3. The first-order chi connectivity index (χ1) is 9.60. The maximum Gasteiger partial charge on any atom is 0.134 e. The van der Waals surface area contributed by atoms with Gasteiger partial charge in [0.15, 0.2) is 0 Å². The summed E-state index contributed by atoms with van der Waals surface area (Å²) >= 11 is 0. The summed E-state index contributed by atoms with van der Waals surface area (Å²) < 4.78 is 0. The molecule has 0 amide bonds. The first-order valence-electron chi connectivity index (χ1n) is 7.92. The molecule has 1 aromatic rings. The van der Waals surface area contributed by atoms with E-state index in [2.05, 4.69) is 47.1 Å². The van der Waals surface area contributed by atoms with Crippen LogP contribution in [-0.4, -0.2) is 29.6 Å². The second-order valence-electron chi connectivity index (χ2n) is 6.11. The molecule has 1 aliphatic carbocycles. The van der Waals surface area contributed by atoms with Crippen LogP contribution >= 0.6 is 0 Å². The second kappa shape index (κ2) is 6.91. The molecule has 1 aliphatic rings. The van der Waals surface area contributed by atoms with E-state index in [0.29, 0.717) is 6.04 Å². The topological polar surface area (TPSA) is 41.0 Å². The quantitative estimate of drug-likeness (QED) is 0.891. The smallest absolute Gasteiger partial charge is 0.134 e. The average Bonchev–Trinajstić information content (AvgIpc) is 2.44. The summed E-state index contributed by atoms with van der Waals surface area (Å²) in [5.41, 5.74) is 0. The summed E-state index contributed by atoms with van der Waals surface area (Å²) in [6.07, 6.45) is 6.33. The fourth-order valence-corrected chi connectivity index (χ4v) is 2.89. The van der Waals surface area contributed by atoms with Crippen LogP contribution in [0.15, 0.2) is 6.07 Å². The lowest BCUT2D eigenvalue weighted by molar-refractivity contribution is 0.340. The molecule has 1 fully saturated rings. The highest BCUT2D eigenvalue weighted by Gasteiger charge is 2.23. The minimum Gasteiger partial charge on any atom is -0.370 e. The molecule has 2 rings (SSSR count). The van der Waals surface area contributed by atoms with Crippen LogP contribution in [0.1, 0.15) is 51.8 Å². The third-order valence-corrected chi connectivity index (χ3v) is 4.28. The Balaban J connectivity index is 2.08. The van der Waals surface area contributed by atoms with Gasteiger partial charge in [0.2, 0.25) is 0 Å². The Hall–Kier alpha value is -1.32. The molecule has 0 aromatic carbocycles. The summed E-state index contributed by atoms with van der Waals surface area (Å²) in [6.45, 7) is 7.45.